The van der Waals surface area contributed by atoms with Gasteiger partial charge in [0, 0.05) is 57.4 Å². The molecule has 0 aromatic heterocycles. The van der Waals surface area contributed by atoms with Crippen LogP contribution >= 0.6 is 0 Å². The monoisotopic (exact) mass is 668 g/mol. The highest BCUT2D eigenvalue weighted by atomic mass is 19.1. The van der Waals surface area contributed by atoms with Crippen LogP contribution in [0.25, 0.3) is 0 Å². The van der Waals surface area contributed by atoms with Gasteiger partial charge < -0.3 is 10.1 Å². The van der Waals surface area contributed by atoms with Gasteiger partial charge in [-0.25, -0.2) is 13.6 Å². The molecule has 2 aliphatic rings. The minimum atomic E-state index is -0.561. The maximum atomic E-state index is 13.4. The molecular weight excluding hydrogens is 618 g/mol. The van der Waals surface area contributed by atoms with Crippen molar-refractivity contribution in [2.75, 3.05) is 26.2 Å². The number of nitrogens with one attached hydrogen (secondary N) is 1. The predicted molar refractivity (Wildman–Crippen MR) is 192 cm³/mol. The van der Waals surface area contributed by atoms with Crippen LogP contribution in [0.15, 0.2) is 109 Å². The molecule has 0 spiro atoms. The van der Waals surface area contributed by atoms with Crippen molar-refractivity contribution in [2.24, 2.45) is 0 Å². The van der Waals surface area contributed by atoms with Gasteiger partial charge in [-0.3, -0.25) is 14.7 Å². The summed E-state index contributed by atoms with van der Waals surface area (Å²) in [5, 5.41) is 3.56. The molecule has 0 bridgehead atoms. The van der Waals surface area contributed by atoms with E-state index in [1.165, 1.54) is 35.4 Å². The van der Waals surface area contributed by atoms with Crippen LogP contribution in [0.4, 0.5) is 13.6 Å². The van der Waals surface area contributed by atoms with Gasteiger partial charge in [0.2, 0.25) is 0 Å². The lowest BCUT2D eigenvalue weighted by Crippen LogP contribution is -2.55. The Labute approximate surface area is 290 Å². The number of piperazine rings is 2. The second kappa shape index (κ2) is 16.5. The first-order chi connectivity index (χ1) is 23.4. The van der Waals surface area contributed by atoms with Gasteiger partial charge in [0.1, 0.15) is 17.2 Å². The minimum absolute atomic E-state index is 0.177. The van der Waals surface area contributed by atoms with Crippen LogP contribution < -0.4 is 5.32 Å². The van der Waals surface area contributed by atoms with E-state index in [4.69, 9.17) is 4.74 Å². The van der Waals surface area contributed by atoms with Crippen molar-refractivity contribution in [1.29, 1.82) is 0 Å². The molecule has 0 radical (unpaired) electrons. The molecule has 4 aromatic carbocycles. The Kier molecular flexibility index (Phi) is 12.2. The zero-order valence-corrected chi connectivity index (χ0v) is 29.4. The normalized spacial score (nSPS) is 21.8. The summed E-state index contributed by atoms with van der Waals surface area (Å²) in [7, 11) is 0. The van der Waals surface area contributed by atoms with E-state index in [9.17, 15) is 13.6 Å². The highest BCUT2D eigenvalue weighted by Crippen LogP contribution is 2.31. The fraction of sp³-hybridized carbons (Fsp3) is 0.390. The second-order valence-corrected chi connectivity index (χ2v) is 14.2. The third-order valence-electron chi connectivity index (χ3n) is 9.18. The van der Waals surface area contributed by atoms with Crippen molar-refractivity contribution < 1.29 is 18.3 Å². The molecule has 2 fully saturated rings. The lowest BCUT2D eigenvalue weighted by atomic mass is 9.99. The van der Waals surface area contributed by atoms with Crippen molar-refractivity contribution >= 4 is 6.09 Å². The fourth-order valence-electron chi connectivity index (χ4n) is 6.44. The number of hydrogen-bond acceptors (Lipinski definition) is 5. The Bertz CT molecular complexity index is 1600. The SMILES string of the molecule is CC1CN(C(=O)OC(C)(C)C)C(c2ccc(F)cc2)CN1Cc1ccccc1.CC1CNC(c2ccc(F)cc2)CN1Cc1ccccc1. The van der Waals surface area contributed by atoms with E-state index in [0.29, 0.717) is 19.1 Å². The molecule has 8 heteroatoms. The van der Waals surface area contributed by atoms with Gasteiger partial charge in [-0.05, 0) is 81.1 Å². The molecule has 4 unspecified atom stereocenters. The van der Waals surface area contributed by atoms with Crippen LogP contribution in [-0.4, -0.2) is 64.7 Å². The first kappa shape index (κ1) is 36.2. The average Bonchev–Trinajstić information content (AvgIpc) is 3.08. The standard InChI is InChI=1S/C23H29FN2O2.C18H21FN2/c1-17-14-26(22(27)28-23(2,3)4)21(19-10-12-20(24)13-11-19)16-25(17)15-18-8-6-5-7-9-18;1-14-11-20-18(16-7-9-17(19)10-8-16)13-21(14)12-15-5-3-2-4-6-15/h5-13,17,21H,14-16H2,1-4H3;2-10,14,18,20H,11-13H2,1H3. The highest BCUT2D eigenvalue weighted by Gasteiger charge is 2.37. The summed E-state index contributed by atoms with van der Waals surface area (Å²) in [6.07, 6.45) is -0.326. The molecule has 4 aromatic rings. The van der Waals surface area contributed by atoms with Gasteiger partial charge in [-0.15, -0.1) is 0 Å². The summed E-state index contributed by atoms with van der Waals surface area (Å²) in [6, 6.07) is 34.9. The van der Waals surface area contributed by atoms with Gasteiger partial charge in [0.15, 0.2) is 0 Å². The summed E-state index contributed by atoms with van der Waals surface area (Å²) >= 11 is 0. The summed E-state index contributed by atoms with van der Waals surface area (Å²) in [5.41, 5.74) is 4.08. The van der Waals surface area contributed by atoms with Crippen molar-refractivity contribution in [3.8, 4) is 0 Å². The van der Waals surface area contributed by atoms with E-state index in [1.54, 1.807) is 17.0 Å². The number of ether oxygens (including phenoxy) is 1. The van der Waals surface area contributed by atoms with Crippen molar-refractivity contribution in [3.05, 3.63) is 143 Å². The molecule has 4 atom stereocenters. The Morgan fingerprint density at radius 2 is 1.18 bits per heavy atom. The van der Waals surface area contributed by atoms with E-state index >= 15 is 0 Å². The summed E-state index contributed by atoms with van der Waals surface area (Å²) in [4.78, 5) is 19.5. The molecule has 2 saturated heterocycles. The van der Waals surface area contributed by atoms with Crippen molar-refractivity contribution in [1.82, 2.24) is 20.0 Å². The van der Waals surface area contributed by atoms with Crippen LogP contribution in [0.2, 0.25) is 0 Å². The first-order valence-corrected chi connectivity index (χ1v) is 17.2. The largest absolute Gasteiger partial charge is 0.444 e. The summed E-state index contributed by atoms with van der Waals surface area (Å²) in [5.74, 6) is -0.457. The van der Waals surface area contributed by atoms with E-state index in [2.05, 4.69) is 65.4 Å². The van der Waals surface area contributed by atoms with Crippen LogP contribution in [0.1, 0.15) is 69.0 Å². The molecule has 49 heavy (non-hydrogen) atoms. The summed E-state index contributed by atoms with van der Waals surface area (Å²) < 4.78 is 32.1. The molecule has 2 heterocycles. The maximum Gasteiger partial charge on any atom is 0.410 e. The zero-order valence-electron chi connectivity index (χ0n) is 29.4. The second-order valence-electron chi connectivity index (χ2n) is 14.2. The molecule has 6 rings (SSSR count). The molecular formula is C41H50F2N4O2. The van der Waals surface area contributed by atoms with E-state index in [0.717, 1.165) is 37.3 Å². The number of halogens is 2. The first-order valence-electron chi connectivity index (χ1n) is 17.2. The number of carbonyl (C=O) groups excluding carboxylic acids is 1. The van der Waals surface area contributed by atoms with Crippen LogP contribution in [0.5, 0.6) is 0 Å². The smallest absolute Gasteiger partial charge is 0.410 e. The third kappa shape index (κ3) is 10.4. The maximum absolute atomic E-state index is 13.4. The van der Waals surface area contributed by atoms with Gasteiger partial charge in [-0.2, -0.15) is 0 Å². The van der Waals surface area contributed by atoms with E-state index in [-0.39, 0.29) is 35.9 Å². The van der Waals surface area contributed by atoms with Gasteiger partial charge in [-0.1, -0.05) is 84.9 Å². The Balaban J connectivity index is 0.000000199. The Hall–Kier alpha value is -4.11. The van der Waals surface area contributed by atoms with Gasteiger partial charge in [0.05, 0.1) is 6.04 Å². The molecule has 0 aliphatic carbocycles. The number of benzene rings is 4. The molecule has 0 saturated carbocycles. The number of hydrogen-bond donors (Lipinski definition) is 1. The van der Waals surface area contributed by atoms with Crippen LogP contribution in [0, 0.1) is 11.6 Å². The molecule has 2 aliphatic heterocycles. The number of amides is 1. The van der Waals surface area contributed by atoms with E-state index < -0.39 is 5.60 Å². The van der Waals surface area contributed by atoms with Crippen LogP contribution in [-0.2, 0) is 17.8 Å². The van der Waals surface area contributed by atoms with Gasteiger partial charge in [0.25, 0.3) is 0 Å². The number of carbonyl (C=O) groups is 1. The fourth-order valence-corrected chi connectivity index (χ4v) is 6.44. The average molecular weight is 669 g/mol. The van der Waals surface area contributed by atoms with Gasteiger partial charge >= 0.3 is 6.09 Å². The predicted octanol–water partition coefficient (Wildman–Crippen LogP) is 8.37. The highest BCUT2D eigenvalue weighted by molar-refractivity contribution is 5.69. The summed E-state index contributed by atoms with van der Waals surface area (Å²) in [6.45, 7) is 14.9. The Morgan fingerprint density at radius 1 is 0.694 bits per heavy atom. The lowest BCUT2D eigenvalue weighted by Gasteiger charge is -2.45. The molecule has 1 amide bonds. The molecule has 6 nitrogen and oxygen atoms in total. The molecule has 260 valence electrons. The quantitative estimate of drug-likeness (QED) is 0.224. The topological polar surface area (TPSA) is 48.1 Å². The minimum Gasteiger partial charge on any atom is -0.444 e. The number of nitrogens with zero attached hydrogens (tertiary/aromatic N) is 3. The van der Waals surface area contributed by atoms with Crippen LogP contribution in [0.3, 0.4) is 0 Å². The molecule has 1 N–H and O–H groups in total. The van der Waals surface area contributed by atoms with E-state index in [1.807, 2.05) is 57.2 Å². The third-order valence-corrected chi connectivity index (χ3v) is 9.18. The Morgan fingerprint density at radius 3 is 1.69 bits per heavy atom. The zero-order chi connectivity index (χ0) is 35.0. The van der Waals surface area contributed by atoms with Crippen molar-refractivity contribution in [2.45, 2.75) is 77.5 Å². The number of rotatable bonds is 6. The lowest BCUT2D eigenvalue weighted by molar-refractivity contribution is -0.0159. The van der Waals surface area contributed by atoms with Crippen molar-refractivity contribution in [3.63, 3.8) is 0 Å².